The van der Waals surface area contributed by atoms with E-state index in [-0.39, 0.29) is 0 Å². The topological polar surface area (TPSA) is 19.4 Å². The number of aryl methyl sites for hydroxylation is 1. The molecule has 1 aliphatic heterocycles. The molecule has 1 fully saturated rings. The fourth-order valence-corrected chi connectivity index (χ4v) is 4.17. The number of nitrogens with zero attached hydrogens (tertiary/aromatic N) is 3. The molecule has 124 valence electrons. The van der Waals surface area contributed by atoms with E-state index in [0.29, 0.717) is 0 Å². The molecule has 0 atom stereocenters. The van der Waals surface area contributed by atoms with E-state index in [0.717, 1.165) is 25.0 Å². The van der Waals surface area contributed by atoms with Gasteiger partial charge in [-0.1, -0.05) is 24.3 Å². The minimum atomic E-state index is 1.13. The third-order valence-corrected chi connectivity index (χ3v) is 5.62. The number of anilines is 1. The quantitative estimate of drug-likeness (QED) is 0.700. The van der Waals surface area contributed by atoms with Crippen molar-refractivity contribution in [1.29, 1.82) is 0 Å². The Balaban J connectivity index is 1.24. The maximum Gasteiger partial charge on any atom is 0.0812 e. The molecule has 0 bridgehead atoms. The van der Waals surface area contributed by atoms with E-state index in [9.17, 15) is 0 Å². The first-order valence-corrected chi connectivity index (χ1v) is 9.61. The molecule has 0 amide bonds. The number of aromatic nitrogens is 1. The SMILES string of the molecule is c1ccc(N2CCN(CCCc3ccc4ncsc4c3)CC2)cc1. The van der Waals surface area contributed by atoms with Gasteiger partial charge in [0.05, 0.1) is 15.7 Å². The van der Waals surface area contributed by atoms with Gasteiger partial charge in [-0.05, 0) is 49.2 Å². The Labute approximate surface area is 147 Å². The second-order valence-corrected chi connectivity index (χ2v) is 7.31. The van der Waals surface area contributed by atoms with Crippen LogP contribution in [0, 0.1) is 0 Å². The molecule has 1 aliphatic rings. The molecule has 0 aliphatic carbocycles. The number of piperazine rings is 1. The van der Waals surface area contributed by atoms with Crippen molar-refractivity contribution in [3.8, 4) is 0 Å². The predicted molar refractivity (Wildman–Crippen MR) is 103 cm³/mol. The van der Waals surface area contributed by atoms with Crippen LogP contribution in [0.2, 0.25) is 0 Å². The highest BCUT2D eigenvalue weighted by atomic mass is 32.1. The minimum absolute atomic E-state index is 1.13. The molecule has 3 nitrogen and oxygen atoms in total. The van der Waals surface area contributed by atoms with Crippen LogP contribution in [0.5, 0.6) is 0 Å². The fraction of sp³-hybridized carbons (Fsp3) is 0.350. The summed E-state index contributed by atoms with van der Waals surface area (Å²) in [6.07, 6.45) is 2.39. The summed E-state index contributed by atoms with van der Waals surface area (Å²) < 4.78 is 1.31. The smallest absolute Gasteiger partial charge is 0.0812 e. The molecule has 2 aromatic carbocycles. The van der Waals surface area contributed by atoms with Gasteiger partial charge in [0.1, 0.15) is 0 Å². The zero-order valence-electron chi connectivity index (χ0n) is 13.9. The molecular weight excluding hydrogens is 314 g/mol. The first-order chi connectivity index (χ1) is 11.9. The highest BCUT2D eigenvalue weighted by Gasteiger charge is 2.16. The van der Waals surface area contributed by atoms with Gasteiger partial charge >= 0.3 is 0 Å². The van der Waals surface area contributed by atoms with Crippen LogP contribution in [0.1, 0.15) is 12.0 Å². The van der Waals surface area contributed by atoms with E-state index in [1.54, 1.807) is 11.3 Å². The second-order valence-electron chi connectivity index (χ2n) is 6.42. The summed E-state index contributed by atoms with van der Waals surface area (Å²) in [6.45, 7) is 5.81. The Bertz CT molecular complexity index is 776. The zero-order valence-corrected chi connectivity index (χ0v) is 14.7. The highest BCUT2D eigenvalue weighted by Crippen LogP contribution is 2.20. The van der Waals surface area contributed by atoms with Gasteiger partial charge in [0, 0.05) is 31.9 Å². The third kappa shape index (κ3) is 3.60. The number of rotatable bonds is 5. The lowest BCUT2D eigenvalue weighted by atomic mass is 10.1. The van der Waals surface area contributed by atoms with E-state index in [1.807, 2.05) is 5.51 Å². The number of hydrogen-bond donors (Lipinski definition) is 0. The Hall–Kier alpha value is -1.91. The normalized spacial score (nSPS) is 15.9. The van der Waals surface area contributed by atoms with Gasteiger partial charge < -0.3 is 4.90 Å². The lowest BCUT2D eigenvalue weighted by molar-refractivity contribution is 0.255. The summed E-state index contributed by atoms with van der Waals surface area (Å²) >= 11 is 1.73. The van der Waals surface area contributed by atoms with E-state index in [4.69, 9.17) is 0 Å². The molecule has 0 spiro atoms. The van der Waals surface area contributed by atoms with E-state index >= 15 is 0 Å². The molecule has 4 rings (SSSR count). The van der Waals surface area contributed by atoms with Crippen molar-refractivity contribution in [3.05, 3.63) is 59.6 Å². The van der Waals surface area contributed by atoms with Crippen molar-refractivity contribution in [2.24, 2.45) is 0 Å². The molecule has 4 heteroatoms. The molecule has 0 unspecified atom stereocenters. The van der Waals surface area contributed by atoms with Crippen LogP contribution >= 0.6 is 11.3 Å². The third-order valence-electron chi connectivity index (χ3n) is 4.83. The van der Waals surface area contributed by atoms with Gasteiger partial charge in [0.25, 0.3) is 0 Å². The fourth-order valence-electron chi connectivity index (χ4n) is 3.43. The number of fused-ring (bicyclic) bond motifs is 1. The molecule has 0 radical (unpaired) electrons. The standard InChI is InChI=1S/C20H23N3S/c1-2-6-18(7-3-1)23-13-11-22(12-14-23)10-4-5-17-8-9-19-20(15-17)24-16-21-19/h1-3,6-9,15-16H,4-5,10-14H2. The van der Waals surface area contributed by atoms with E-state index in [1.165, 1.54) is 42.0 Å². The summed E-state index contributed by atoms with van der Waals surface area (Å²) in [5.41, 5.74) is 5.85. The molecule has 24 heavy (non-hydrogen) atoms. The average molecular weight is 337 g/mol. The van der Waals surface area contributed by atoms with Crippen LogP contribution < -0.4 is 4.90 Å². The predicted octanol–water partition coefficient (Wildman–Crippen LogP) is 4.05. The number of thiazole rings is 1. The van der Waals surface area contributed by atoms with Crippen LogP contribution in [0.4, 0.5) is 5.69 Å². The summed E-state index contributed by atoms with van der Waals surface area (Å²) in [7, 11) is 0. The van der Waals surface area contributed by atoms with Crippen LogP contribution in [0.3, 0.4) is 0 Å². The van der Waals surface area contributed by atoms with Crippen LogP contribution in [0.25, 0.3) is 10.2 Å². The summed E-state index contributed by atoms with van der Waals surface area (Å²) in [5, 5.41) is 0. The maximum absolute atomic E-state index is 4.35. The summed E-state index contributed by atoms with van der Waals surface area (Å²) in [4.78, 5) is 9.45. The van der Waals surface area contributed by atoms with Gasteiger partial charge in [-0.2, -0.15) is 0 Å². The second kappa shape index (κ2) is 7.32. The number of hydrogen-bond acceptors (Lipinski definition) is 4. The summed E-state index contributed by atoms with van der Waals surface area (Å²) in [6, 6.07) is 17.5. The van der Waals surface area contributed by atoms with Gasteiger partial charge in [-0.25, -0.2) is 4.98 Å². The van der Waals surface area contributed by atoms with Crippen LogP contribution in [-0.4, -0.2) is 42.6 Å². The van der Waals surface area contributed by atoms with Crippen molar-refractivity contribution < 1.29 is 0 Å². The van der Waals surface area contributed by atoms with E-state index in [2.05, 4.69) is 63.3 Å². The Morgan fingerprint density at radius 2 is 1.79 bits per heavy atom. The minimum Gasteiger partial charge on any atom is -0.369 e. The monoisotopic (exact) mass is 337 g/mol. The molecule has 1 aromatic heterocycles. The van der Waals surface area contributed by atoms with Crippen molar-refractivity contribution in [2.75, 3.05) is 37.6 Å². The average Bonchev–Trinajstić information content (AvgIpc) is 3.11. The van der Waals surface area contributed by atoms with Crippen molar-refractivity contribution >= 4 is 27.2 Å². The van der Waals surface area contributed by atoms with Crippen molar-refractivity contribution in [3.63, 3.8) is 0 Å². The Morgan fingerprint density at radius 3 is 2.62 bits per heavy atom. The first kappa shape index (κ1) is 15.6. The molecular formula is C20H23N3S. The van der Waals surface area contributed by atoms with Crippen molar-refractivity contribution in [2.45, 2.75) is 12.8 Å². The molecule has 0 saturated carbocycles. The summed E-state index contributed by atoms with van der Waals surface area (Å²) in [5.74, 6) is 0. The molecule has 1 saturated heterocycles. The highest BCUT2D eigenvalue weighted by molar-refractivity contribution is 7.16. The Morgan fingerprint density at radius 1 is 0.958 bits per heavy atom. The lowest BCUT2D eigenvalue weighted by Gasteiger charge is -2.36. The van der Waals surface area contributed by atoms with Gasteiger partial charge in [-0.3, -0.25) is 4.90 Å². The molecule has 2 heterocycles. The van der Waals surface area contributed by atoms with Gasteiger partial charge in [0.15, 0.2) is 0 Å². The number of para-hydroxylation sites is 1. The lowest BCUT2D eigenvalue weighted by Crippen LogP contribution is -2.46. The van der Waals surface area contributed by atoms with Crippen LogP contribution in [-0.2, 0) is 6.42 Å². The zero-order chi connectivity index (χ0) is 16.2. The van der Waals surface area contributed by atoms with Gasteiger partial charge in [0.2, 0.25) is 0 Å². The molecule has 3 aromatic rings. The molecule has 0 N–H and O–H groups in total. The van der Waals surface area contributed by atoms with Crippen LogP contribution in [0.15, 0.2) is 54.0 Å². The largest absolute Gasteiger partial charge is 0.369 e. The van der Waals surface area contributed by atoms with Crippen molar-refractivity contribution in [1.82, 2.24) is 9.88 Å². The van der Waals surface area contributed by atoms with Gasteiger partial charge in [-0.15, -0.1) is 11.3 Å². The number of benzene rings is 2. The maximum atomic E-state index is 4.35. The Kier molecular flexibility index (Phi) is 4.76. The first-order valence-electron chi connectivity index (χ1n) is 8.73. The van der Waals surface area contributed by atoms with E-state index < -0.39 is 0 Å².